The molecule has 3 heteroatoms. The first-order valence-electron chi connectivity index (χ1n) is 5.31. The molecule has 0 aliphatic rings. The summed E-state index contributed by atoms with van der Waals surface area (Å²) in [4.78, 5) is 3.64. The zero-order valence-corrected chi connectivity index (χ0v) is 10.4. The van der Waals surface area contributed by atoms with Crippen molar-refractivity contribution in [2.45, 2.75) is 6.54 Å². The van der Waals surface area contributed by atoms with Crippen molar-refractivity contribution in [3.63, 3.8) is 0 Å². The zero-order valence-electron chi connectivity index (χ0n) is 9.60. The lowest BCUT2D eigenvalue weighted by Gasteiger charge is -2.19. The van der Waals surface area contributed by atoms with Crippen LogP contribution in [-0.2, 0) is 6.54 Å². The molecule has 84 valence electrons. The molecule has 0 fully saturated rings. The van der Waals surface area contributed by atoms with E-state index in [0.717, 1.165) is 12.2 Å². The number of nitrogens with zero attached hydrogens (tertiary/aromatic N) is 1. The smallest absolute Gasteiger partial charge is 0.0519 e. The van der Waals surface area contributed by atoms with Crippen molar-refractivity contribution in [3.05, 3.63) is 46.7 Å². The molecule has 0 aliphatic heterocycles. The van der Waals surface area contributed by atoms with Crippen molar-refractivity contribution in [2.24, 2.45) is 0 Å². The van der Waals surface area contributed by atoms with Gasteiger partial charge in [-0.2, -0.15) is 0 Å². The predicted molar refractivity (Wildman–Crippen MR) is 72.4 cm³/mol. The summed E-state index contributed by atoms with van der Waals surface area (Å²) in [5, 5.41) is 5.28. The zero-order chi connectivity index (χ0) is 11.4. The minimum atomic E-state index is 0.963. The van der Waals surface area contributed by atoms with Crippen molar-refractivity contribution in [2.75, 3.05) is 24.3 Å². The van der Waals surface area contributed by atoms with E-state index in [1.54, 1.807) is 11.3 Å². The molecule has 0 atom stereocenters. The molecule has 0 saturated carbocycles. The van der Waals surface area contributed by atoms with Gasteiger partial charge in [-0.25, -0.2) is 0 Å². The van der Waals surface area contributed by atoms with Gasteiger partial charge in [0.25, 0.3) is 0 Å². The third-order valence-electron chi connectivity index (χ3n) is 2.55. The Labute approximate surface area is 101 Å². The van der Waals surface area contributed by atoms with Gasteiger partial charge in [0, 0.05) is 30.3 Å². The van der Waals surface area contributed by atoms with Crippen LogP contribution in [0.1, 0.15) is 4.88 Å². The summed E-state index contributed by atoms with van der Waals surface area (Å²) in [6, 6.07) is 12.7. The van der Waals surface area contributed by atoms with E-state index in [9.17, 15) is 0 Å². The lowest BCUT2D eigenvalue weighted by atomic mass is 10.2. The number of hydrogen-bond donors (Lipinski definition) is 1. The first-order chi connectivity index (χ1) is 7.79. The van der Waals surface area contributed by atoms with E-state index in [-0.39, 0.29) is 0 Å². The third kappa shape index (κ3) is 2.55. The Morgan fingerprint density at radius 1 is 1.25 bits per heavy atom. The minimum absolute atomic E-state index is 0.963. The van der Waals surface area contributed by atoms with E-state index in [2.05, 4.69) is 59.0 Å². The Morgan fingerprint density at radius 3 is 2.81 bits per heavy atom. The molecule has 0 radical (unpaired) electrons. The normalized spacial score (nSPS) is 10.1. The highest BCUT2D eigenvalue weighted by Gasteiger charge is 2.03. The van der Waals surface area contributed by atoms with Gasteiger partial charge in [0.05, 0.1) is 6.54 Å². The first kappa shape index (κ1) is 11.0. The van der Waals surface area contributed by atoms with Crippen LogP contribution in [-0.4, -0.2) is 14.1 Å². The largest absolute Gasteiger partial charge is 0.388 e. The van der Waals surface area contributed by atoms with Crippen LogP contribution >= 0.6 is 11.3 Å². The molecule has 0 aliphatic carbocycles. The molecule has 0 amide bonds. The highest BCUT2D eigenvalue weighted by atomic mass is 32.1. The molecule has 1 N–H and O–H groups in total. The van der Waals surface area contributed by atoms with Crippen LogP contribution in [0.4, 0.5) is 11.4 Å². The van der Waals surface area contributed by atoms with Gasteiger partial charge in [0.1, 0.15) is 0 Å². The second-order valence-corrected chi connectivity index (χ2v) is 4.77. The summed E-state index contributed by atoms with van der Waals surface area (Å²) >= 11 is 1.80. The quantitative estimate of drug-likeness (QED) is 0.869. The molecule has 2 rings (SSSR count). The highest BCUT2D eigenvalue weighted by molar-refractivity contribution is 7.09. The lowest BCUT2D eigenvalue weighted by Crippen LogP contribution is -2.15. The topological polar surface area (TPSA) is 15.3 Å². The minimum Gasteiger partial charge on any atom is -0.388 e. The van der Waals surface area contributed by atoms with Gasteiger partial charge in [-0.05, 0) is 29.6 Å². The molecule has 1 aromatic carbocycles. The molecular weight excluding hydrogens is 216 g/mol. The van der Waals surface area contributed by atoms with Crippen LogP contribution in [0.2, 0.25) is 0 Å². The Balaban J connectivity index is 2.11. The van der Waals surface area contributed by atoms with Crippen LogP contribution in [0.3, 0.4) is 0 Å². The van der Waals surface area contributed by atoms with E-state index in [1.807, 2.05) is 7.05 Å². The van der Waals surface area contributed by atoms with E-state index in [1.165, 1.54) is 10.6 Å². The maximum atomic E-state index is 3.16. The summed E-state index contributed by atoms with van der Waals surface area (Å²) in [6.07, 6.45) is 0. The second kappa shape index (κ2) is 5.03. The summed E-state index contributed by atoms with van der Waals surface area (Å²) in [5.41, 5.74) is 2.38. The van der Waals surface area contributed by atoms with Crippen LogP contribution in [0.15, 0.2) is 41.8 Å². The van der Waals surface area contributed by atoms with Crippen molar-refractivity contribution in [1.82, 2.24) is 0 Å². The number of nitrogens with one attached hydrogen (secondary N) is 1. The second-order valence-electron chi connectivity index (χ2n) is 3.74. The molecular formula is C13H16N2S. The third-order valence-corrected chi connectivity index (χ3v) is 3.41. The number of rotatable bonds is 4. The maximum Gasteiger partial charge on any atom is 0.0519 e. The van der Waals surface area contributed by atoms with Gasteiger partial charge in [0.2, 0.25) is 0 Å². The molecule has 0 bridgehead atoms. The average Bonchev–Trinajstić information content (AvgIpc) is 2.82. The molecule has 16 heavy (non-hydrogen) atoms. The van der Waals surface area contributed by atoms with Crippen molar-refractivity contribution in [3.8, 4) is 0 Å². The summed E-state index contributed by atoms with van der Waals surface area (Å²) in [6.45, 7) is 0.963. The Kier molecular flexibility index (Phi) is 3.47. The molecule has 2 nitrogen and oxygen atoms in total. The fraction of sp³-hybridized carbons (Fsp3) is 0.231. The van der Waals surface area contributed by atoms with Gasteiger partial charge in [0.15, 0.2) is 0 Å². The maximum absolute atomic E-state index is 3.16. The SMILES string of the molecule is CNc1cccc(N(C)Cc2cccs2)c1. The fourth-order valence-electron chi connectivity index (χ4n) is 1.63. The average molecular weight is 232 g/mol. The van der Waals surface area contributed by atoms with Gasteiger partial charge >= 0.3 is 0 Å². The molecule has 0 spiro atoms. The predicted octanol–water partition coefficient (Wildman–Crippen LogP) is 3.43. The number of thiophene rings is 1. The van der Waals surface area contributed by atoms with E-state index in [4.69, 9.17) is 0 Å². The van der Waals surface area contributed by atoms with E-state index < -0.39 is 0 Å². The van der Waals surface area contributed by atoms with Gasteiger partial charge in [-0.3, -0.25) is 0 Å². The van der Waals surface area contributed by atoms with E-state index >= 15 is 0 Å². The van der Waals surface area contributed by atoms with Crippen LogP contribution in [0.25, 0.3) is 0 Å². The molecule has 0 saturated heterocycles. The standard InChI is InChI=1S/C13H16N2S/c1-14-11-5-3-6-12(9-11)15(2)10-13-7-4-8-16-13/h3-9,14H,10H2,1-2H3. The van der Waals surface area contributed by atoms with Gasteiger partial charge in [-0.1, -0.05) is 12.1 Å². The first-order valence-corrected chi connectivity index (χ1v) is 6.19. The Morgan fingerprint density at radius 2 is 2.12 bits per heavy atom. The van der Waals surface area contributed by atoms with E-state index in [0.29, 0.717) is 0 Å². The number of benzene rings is 1. The van der Waals surface area contributed by atoms with Crippen molar-refractivity contribution in [1.29, 1.82) is 0 Å². The molecule has 0 unspecified atom stereocenters. The van der Waals surface area contributed by atoms with Gasteiger partial charge in [-0.15, -0.1) is 11.3 Å². The van der Waals surface area contributed by atoms with Crippen LogP contribution in [0.5, 0.6) is 0 Å². The monoisotopic (exact) mass is 232 g/mol. The van der Waals surface area contributed by atoms with Gasteiger partial charge < -0.3 is 10.2 Å². The molecule has 1 heterocycles. The fourth-order valence-corrected chi connectivity index (χ4v) is 2.38. The highest BCUT2D eigenvalue weighted by Crippen LogP contribution is 2.21. The molecule has 1 aromatic heterocycles. The summed E-state index contributed by atoms with van der Waals surface area (Å²) in [5.74, 6) is 0. The Hall–Kier alpha value is -1.48. The summed E-state index contributed by atoms with van der Waals surface area (Å²) in [7, 11) is 4.06. The van der Waals surface area contributed by atoms with Crippen LogP contribution < -0.4 is 10.2 Å². The number of hydrogen-bond acceptors (Lipinski definition) is 3. The van der Waals surface area contributed by atoms with Crippen LogP contribution in [0, 0.1) is 0 Å². The lowest BCUT2D eigenvalue weighted by molar-refractivity contribution is 0.941. The summed E-state index contributed by atoms with van der Waals surface area (Å²) < 4.78 is 0. The number of anilines is 2. The Bertz CT molecular complexity index is 437. The molecule has 2 aromatic rings. The van der Waals surface area contributed by atoms with Crippen molar-refractivity contribution >= 4 is 22.7 Å². The van der Waals surface area contributed by atoms with Crippen molar-refractivity contribution < 1.29 is 0 Å².